The molecule has 2 N–H and O–H groups in total. The Kier molecular flexibility index (Phi) is 6.35. The van der Waals surface area contributed by atoms with E-state index in [1.54, 1.807) is 0 Å². The normalized spacial score (nSPS) is 15.0. The molecule has 27 heavy (non-hydrogen) atoms. The van der Waals surface area contributed by atoms with Gasteiger partial charge < -0.3 is 20.4 Å². The van der Waals surface area contributed by atoms with Crippen LogP contribution in [-0.2, 0) is 0 Å². The van der Waals surface area contributed by atoms with Gasteiger partial charge in [0.25, 0.3) is 0 Å². The number of nitrogens with one attached hydrogen (secondary N) is 2. The summed E-state index contributed by atoms with van der Waals surface area (Å²) in [6.07, 6.45) is 2.42. The lowest BCUT2D eigenvalue weighted by atomic mass is 10.0. The van der Waals surface area contributed by atoms with Gasteiger partial charge >= 0.3 is 6.03 Å². The van der Waals surface area contributed by atoms with E-state index in [0.717, 1.165) is 24.5 Å². The lowest BCUT2D eigenvalue weighted by Gasteiger charge is -2.26. The number of hydrogen-bond acceptors (Lipinski definition) is 3. The SMILES string of the molecule is Cc1ccc(C(CNC(=O)Nc2ccccc2N2CCCC2)N(C)C)cc1. The van der Waals surface area contributed by atoms with Gasteiger partial charge in [-0.25, -0.2) is 4.79 Å². The summed E-state index contributed by atoms with van der Waals surface area (Å²) >= 11 is 0. The Labute approximate surface area is 162 Å². The van der Waals surface area contributed by atoms with Crippen molar-refractivity contribution >= 4 is 17.4 Å². The van der Waals surface area contributed by atoms with Crippen molar-refractivity contribution in [2.45, 2.75) is 25.8 Å². The van der Waals surface area contributed by atoms with Crippen LogP contribution in [-0.4, -0.2) is 44.7 Å². The van der Waals surface area contributed by atoms with Crippen molar-refractivity contribution in [2.24, 2.45) is 0 Å². The van der Waals surface area contributed by atoms with Crippen molar-refractivity contribution in [2.75, 3.05) is 43.9 Å². The first-order valence-corrected chi connectivity index (χ1v) is 9.66. The Bertz CT molecular complexity index is 751. The molecule has 1 unspecified atom stereocenters. The van der Waals surface area contributed by atoms with Crippen molar-refractivity contribution in [3.05, 3.63) is 59.7 Å². The summed E-state index contributed by atoms with van der Waals surface area (Å²) in [5.74, 6) is 0. The molecule has 5 heteroatoms. The number of urea groups is 1. The maximum absolute atomic E-state index is 12.5. The van der Waals surface area contributed by atoms with Crippen LogP contribution in [0.5, 0.6) is 0 Å². The van der Waals surface area contributed by atoms with Crippen molar-refractivity contribution in [3.8, 4) is 0 Å². The summed E-state index contributed by atoms with van der Waals surface area (Å²) in [5.41, 5.74) is 4.41. The van der Waals surface area contributed by atoms with Crippen LogP contribution < -0.4 is 15.5 Å². The minimum atomic E-state index is -0.166. The first kappa shape index (κ1) is 19.2. The summed E-state index contributed by atoms with van der Waals surface area (Å²) in [4.78, 5) is 17.0. The average Bonchev–Trinajstić information content (AvgIpc) is 3.18. The molecule has 3 rings (SSSR count). The molecule has 0 saturated carbocycles. The first-order chi connectivity index (χ1) is 13.0. The number of para-hydroxylation sites is 2. The zero-order valence-electron chi connectivity index (χ0n) is 16.5. The van der Waals surface area contributed by atoms with Gasteiger partial charge in [-0.05, 0) is 51.6 Å². The van der Waals surface area contributed by atoms with Crippen LogP contribution in [0.1, 0.15) is 30.0 Å². The summed E-state index contributed by atoms with van der Waals surface area (Å²) in [7, 11) is 4.07. The molecule has 1 atom stereocenters. The molecule has 144 valence electrons. The Morgan fingerprint density at radius 1 is 1.07 bits per heavy atom. The number of hydrogen-bond donors (Lipinski definition) is 2. The van der Waals surface area contributed by atoms with E-state index in [0.29, 0.717) is 6.54 Å². The summed E-state index contributed by atoms with van der Waals surface area (Å²) < 4.78 is 0. The number of anilines is 2. The number of carbonyl (C=O) groups is 1. The molecular weight excluding hydrogens is 336 g/mol. The molecule has 0 radical (unpaired) electrons. The van der Waals surface area contributed by atoms with Gasteiger partial charge in [0, 0.05) is 19.6 Å². The Morgan fingerprint density at radius 2 is 1.74 bits per heavy atom. The van der Waals surface area contributed by atoms with E-state index in [9.17, 15) is 4.79 Å². The second-order valence-corrected chi connectivity index (χ2v) is 7.44. The maximum atomic E-state index is 12.5. The van der Waals surface area contributed by atoms with Gasteiger partial charge in [-0.3, -0.25) is 0 Å². The van der Waals surface area contributed by atoms with E-state index in [2.05, 4.69) is 57.7 Å². The topological polar surface area (TPSA) is 47.6 Å². The third kappa shape index (κ3) is 5.01. The van der Waals surface area contributed by atoms with Crippen LogP contribution in [0.15, 0.2) is 48.5 Å². The van der Waals surface area contributed by atoms with Crippen molar-refractivity contribution in [1.82, 2.24) is 10.2 Å². The second kappa shape index (κ2) is 8.91. The first-order valence-electron chi connectivity index (χ1n) is 9.66. The molecule has 0 aromatic heterocycles. The molecule has 2 aromatic rings. The molecule has 1 aliphatic heterocycles. The second-order valence-electron chi connectivity index (χ2n) is 7.44. The largest absolute Gasteiger partial charge is 0.370 e. The van der Waals surface area contributed by atoms with Gasteiger partial charge in [-0.1, -0.05) is 42.0 Å². The Hall–Kier alpha value is -2.53. The predicted molar refractivity (Wildman–Crippen MR) is 113 cm³/mol. The van der Waals surface area contributed by atoms with Gasteiger partial charge in [0.2, 0.25) is 0 Å². The van der Waals surface area contributed by atoms with E-state index < -0.39 is 0 Å². The zero-order chi connectivity index (χ0) is 19.2. The highest BCUT2D eigenvalue weighted by atomic mass is 16.2. The van der Waals surface area contributed by atoms with Gasteiger partial charge in [-0.15, -0.1) is 0 Å². The smallest absolute Gasteiger partial charge is 0.319 e. The molecule has 0 bridgehead atoms. The Balaban J connectivity index is 1.63. The minimum absolute atomic E-state index is 0.130. The molecule has 1 saturated heterocycles. The van der Waals surface area contributed by atoms with E-state index in [1.807, 2.05) is 32.3 Å². The van der Waals surface area contributed by atoms with Crippen molar-refractivity contribution < 1.29 is 4.79 Å². The summed E-state index contributed by atoms with van der Waals surface area (Å²) in [5, 5.41) is 6.07. The number of carbonyl (C=O) groups excluding carboxylic acids is 1. The van der Waals surface area contributed by atoms with Crippen molar-refractivity contribution in [3.63, 3.8) is 0 Å². The number of likely N-dealkylation sites (N-methyl/N-ethyl adjacent to an activating group) is 1. The van der Waals surface area contributed by atoms with Gasteiger partial charge in [0.15, 0.2) is 0 Å². The van der Waals surface area contributed by atoms with E-state index in [4.69, 9.17) is 0 Å². The quantitative estimate of drug-likeness (QED) is 0.812. The molecule has 1 aliphatic rings. The lowest BCUT2D eigenvalue weighted by Crippen LogP contribution is -2.37. The molecule has 5 nitrogen and oxygen atoms in total. The monoisotopic (exact) mass is 366 g/mol. The van der Waals surface area contributed by atoms with E-state index in [-0.39, 0.29) is 12.1 Å². The van der Waals surface area contributed by atoms with E-state index >= 15 is 0 Å². The third-order valence-corrected chi connectivity index (χ3v) is 5.14. The molecule has 2 amide bonds. The number of amides is 2. The lowest BCUT2D eigenvalue weighted by molar-refractivity contribution is 0.243. The highest BCUT2D eigenvalue weighted by molar-refractivity contribution is 5.93. The summed E-state index contributed by atoms with van der Waals surface area (Å²) in [6, 6.07) is 16.5. The van der Waals surface area contributed by atoms with Crippen LogP contribution in [0.4, 0.5) is 16.2 Å². The molecule has 0 aliphatic carbocycles. The van der Waals surface area contributed by atoms with E-state index in [1.165, 1.54) is 24.0 Å². The van der Waals surface area contributed by atoms with Crippen LogP contribution in [0.25, 0.3) is 0 Å². The highest BCUT2D eigenvalue weighted by Crippen LogP contribution is 2.28. The molecule has 0 spiro atoms. The highest BCUT2D eigenvalue weighted by Gasteiger charge is 2.18. The fourth-order valence-corrected chi connectivity index (χ4v) is 3.56. The average molecular weight is 367 g/mol. The standard InChI is InChI=1S/C22H30N4O/c1-17-10-12-18(13-11-17)21(25(2)3)16-23-22(27)24-19-8-4-5-9-20(19)26-14-6-7-15-26/h4-5,8-13,21H,6-7,14-16H2,1-3H3,(H2,23,24,27). The molecule has 1 heterocycles. The zero-order valence-corrected chi connectivity index (χ0v) is 16.5. The molecular formula is C22H30N4O. The predicted octanol–water partition coefficient (Wildman–Crippen LogP) is 4.02. The third-order valence-electron chi connectivity index (χ3n) is 5.14. The minimum Gasteiger partial charge on any atom is -0.370 e. The van der Waals surface area contributed by atoms with Gasteiger partial charge in [-0.2, -0.15) is 0 Å². The summed E-state index contributed by atoms with van der Waals surface area (Å²) in [6.45, 7) is 4.73. The Morgan fingerprint density at radius 3 is 2.41 bits per heavy atom. The van der Waals surface area contributed by atoms with Crippen LogP contribution >= 0.6 is 0 Å². The fraction of sp³-hybridized carbons (Fsp3) is 0.409. The molecule has 1 fully saturated rings. The number of aryl methyl sites for hydroxylation is 1. The van der Waals surface area contributed by atoms with Crippen LogP contribution in [0.2, 0.25) is 0 Å². The van der Waals surface area contributed by atoms with Crippen molar-refractivity contribution in [1.29, 1.82) is 0 Å². The van der Waals surface area contributed by atoms with Gasteiger partial charge in [0.1, 0.15) is 0 Å². The number of benzene rings is 2. The van der Waals surface area contributed by atoms with Gasteiger partial charge in [0.05, 0.1) is 17.4 Å². The molecule has 2 aromatic carbocycles. The fourth-order valence-electron chi connectivity index (χ4n) is 3.56. The number of rotatable bonds is 6. The van der Waals surface area contributed by atoms with Crippen LogP contribution in [0.3, 0.4) is 0 Å². The number of nitrogens with zero attached hydrogens (tertiary/aromatic N) is 2. The maximum Gasteiger partial charge on any atom is 0.319 e. The van der Waals surface area contributed by atoms with Crippen LogP contribution in [0, 0.1) is 6.92 Å².